The summed E-state index contributed by atoms with van der Waals surface area (Å²) >= 11 is 0. The van der Waals surface area contributed by atoms with Crippen molar-refractivity contribution < 1.29 is 31.0 Å². The van der Waals surface area contributed by atoms with Crippen LogP contribution in [0.25, 0.3) is 0 Å². The molecule has 0 bridgehead atoms. The molecule has 0 atom stereocenters. The molecule has 0 aromatic heterocycles. The van der Waals surface area contributed by atoms with E-state index >= 15 is 0 Å². The van der Waals surface area contributed by atoms with Crippen LogP contribution in [0.3, 0.4) is 0 Å². The van der Waals surface area contributed by atoms with Crippen LogP contribution in [0.4, 0.5) is 0 Å². The first kappa shape index (κ1) is 26.1. The Labute approximate surface area is 161 Å². The van der Waals surface area contributed by atoms with Crippen LogP contribution in [0, 0.1) is 0 Å². The van der Waals surface area contributed by atoms with Crippen molar-refractivity contribution in [3.8, 4) is 0 Å². The van der Waals surface area contributed by atoms with Crippen molar-refractivity contribution in [2.75, 3.05) is 33.8 Å². The lowest BCUT2D eigenvalue weighted by molar-refractivity contribution is -0.890. The minimum Gasteiger partial charge on any atom is -1.00 e. The number of carbonyl (C=O) groups excluding carboxylic acids is 1. The van der Waals surface area contributed by atoms with Gasteiger partial charge in [0, 0.05) is 6.42 Å². The van der Waals surface area contributed by atoms with Gasteiger partial charge < -0.3 is 26.2 Å². The van der Waals surface area contributed by atoms with Crippen LogP contribution in [0.2, 0.25) is 0 Å². The maximum absolute atomic E-state index is 11.3. The Morgan fingerprint density at radius 3 is 1.75 bits per heavy atom. The molecule has 4 heteroatoms. The first-order chi connectivity index (χ1) is 11.0. The van der Waals surface area contributed by atoms with Crippen molar-refractivity contribution in [1.82, 2.24) is 0 Å². The number of nitrogens with zero attached hydrogens (tertiary/aromatic N) is 1. The molecule has 0 amide bonds. The van der Waals surface area contributed by atoms with Crippen LogP contribution < -0.4 is 17.0 Å². The number of esters is 1. The molecule has 0 N–H and O–H groups in total. The van der Waals surface area contributed by atoms with E-state index in [-0.39, 0.29) is 23.0 Å². The van der Waals surface area contributed by atoms with Crippen LogP contribution >= 0.6 is 0 Å². The van der Waals surface area contributed by atoms with Gasteiger partial charge in [0.1, 0.15) is 13.2 Å². The van der Waals surface area contributed by atoms with Crippen LogP contribution in [0.1, 0.15) is 90.9 Å². The van der Waals surface area contributed by atoms with Gasteiger partial charge in [-0.3, -0.25) is 4.79 Å². The van der Waals surface area contributed by atoms with Crippen molar-refractivity contribution in [3.05, 3.63) is 0 Å². The van der Waals surface area contributed by atoms with Gasteiger partial charge in [0.15, 0.2) is 0 Å². The zero-order chi connectivity index (χ0) is 17.4. The van der Waals surface area contributed by atoms with E-state index in [1.807, 2.05) is 6.92 Å². The Hall–Kier alpha value is -0.0900. The topological polar surface area (TPSA) is 26.3 Å². The molecule has 0 heterocycles. The minimum absolute atomic E-state index is 0. The van der Waals surface area contributed by atoms with Gasteiger partial charge in [-0.1, -0.05) is 65.2 Å². The Bertz CT molecular complexity index is 283. The SMILES string of the molecule is CCCCCCCCCCCC[N+](C)(C)CCOC(=O)CCC.[Br-]. The molecule has 0 fully saturated rings. The van der Waals surface area contributed by atoms with Gasteiger partial charge in [-0.2, -0.15) is 0 Å². The van der Waals surface area contributed by atoms with E-state index in [2.05, 4.69) is 21.0 Å². The highest BCUT2D eigenvalue weighted by molar-refractivity contribution is 5.69. The summed E-state index contributed by atoms with van der Waals surface area (Å²) in [6, 6.07) is 0. The zero-order valence-corrected chi connectivity index (χ0v) is 18.3. The largest absolute Gasteiger partial charge is 1.00 e. The normalized spacial score (nSPS) is 11.2. The molecule has 0 saturated carbocycles. The van der Waals surface area contributed by atoms with Gasteiger partial charge in [-0.25, -0.2) is 0 Å². The molecule has 0 unspecified atom stereocenters. The molecule has 0 aliphatic heterocycles. The van der Waals surface area contributed by atoms with E-state index in [1.165, 1.54) is 70.8 Å². The first-order valence-corrected chi connectivity index (χ1v) is 9.99. The fourth-order valence-electron chi connectivity index (χ4n) is 2.82. The molecule has 0 rings (SSSR count). The molecule has 3 nitrogen and oxygen atoms in total. The number of halogens is 1. The van der Waals surface area contributed by atoms with Gasteiger partial charge in [0.05, 0.1) is 20.6 Å². The third-order valence-corrected chi connectivity index (χ3v) is 4.53. The number of rotatable bonds is 16. The van der Waals surface area contributed by atoms with Crippen LogP contribution in [-0.4, -0.2) is 44.2 Å². The second-order valence-corrected chi connectivity index (χ2v) is 7.54. The second-order valence-electron chi connectivity index (χ2n) is 7.54. The third-order valence-electron chi connectivity index (χ3n) is 4.53. The van der Waals surface area contributed by atoms with Gasteiger partial charge in [0.25, 0.3) is 0 Å². The Morgan fingerprint density at radius 2 is 1.25 bits per heavy atom. The van der Waals surface area contributed by atoms with E-state index in [0.717, 1.165) is 17.4 Å². The van der Waals surface area contributed by atoms with Crippen molar-refractivity contribution in [2.24, 2.45) is 0 Å². The predicted octanol–water partition coefficient (Wildman–Crippen LogP) is 2.33. The van der Waals surface area contributed by atoms with E-state index in [4.69, 9.17) is 4.74 Å². The van der Waals surface area contributed by atoms with E-state index < -0.39 is 0 Å². The zero-order valence-electron chi connectivity index (χ0n) is 16.7. The molecule has 24 heavy (non-hydrogen) atoms. The highest BCUT2D eigenvalue weighted by Gasteiger charge is 2.15. The lowest BCUT2D eigenvalue weighted by atomic mass is 10.1. The van der Waals surface area contributed by atoms with Gasteiger partial charge in [-0.05, 0) is 19.3 Å². The van der Waals surface area contributed by atoms with Gasteiger partial charge >= 0.3 is 5.97 Å². The van der Waals surface area contributed by atoms with Gasteiger partial charge in [-0.15, -0.1) is 0 Å². The van der Waals surface area contributed by atoms with Crippen LogP contribution in [0.5, 0.6) is 0 Å². The molecule has 0 radical (unpaired) electrons. The third kappa shape index (κ3) is 18.3. The van der Waals surface area contributed by atoms with E-state index in [1.54, 1.807) is 0 Å². The molecule has 0 aliphatic rings. The number of unbranched alkanes of at least 4 members (excludes halogenated alkanes) is 9. The highest BCUT2D eigenvalue weighted by Crippen LogP contribution is 2.11. The average molecular weight is 408 g/mol. The molecule has 0 spiro atoms. The van der Waals surface area contributed by atoms with Crippen LogP contribution in [0.15, 0.2) is 0 Å². The summed E-state index contributed by atoms with van der Waals surface area (Å²) in [4.78, 5) is 11.3. The fraction of sp³-hybridized carbons (Fsp3) is 0.950. The standard InChI is InChI=1S/C20H42NO2.BrH/c1-5-7-8-9-10-11-12-13-14-15-17-21(3,4)18-19-23-20(22)16-6-2;/h5-19H2,1-4H3;1H/q+1;/p-1. The summed E-state index contributed by atoms with van der Waals surface area (Å²) in [6.07, 6.45) is 15.2. The molecule has 0 aromatic carbocycles. The number of quaternary nitrogens is 1. The Balaban J connectivity index is 0. The number of hydrogen-bond donors (Lipinski definition) is 0. The molecule has 0 saturated heterocycles. The summed E-state index contributed by atoms with van der Waals surface area (Å²) in [6.45, 7) is 6.94. The molecular weight excluding hydrogens is 366 g/mol. The van der Waals surface area contributed by atoms with Crippen molar-refractivity contribution in [3.63, 3.8) is 0 Å². The predicted molar refractivity (Wildman–Crippen MR) is 99.6 cm³/mol. The molecular formula is C20H42BrNO2. The smallest absolute Gasteiger partial charge is 0.305 e. The van der Waals surface area contributed by atoms with E-state index in [0.29, 0.717) is 13.0 Å². The monoisotopic (exact) mass is 407 g/mol. The summed E-state index contributed by atoms with van der Waals surface area (Å²) in [5.41, 5.74) is 0. The van der Waals surface area contributed by atoms with Crippen LogP contribution in [-0.2, 0) is 9.53 Å². The maximum Gasteiger partial charge on any atom is 0.305 e. The first-order valence-electron chi connectivity index (χ1n) is 9.99. The number of ether oxygens (including phenoxy) is 1. The Kier molecular flexibility index (Phi) is 19.3. The van der Waals surface area contributed by atoms with Crippen molar-refractivity contribution in [2.45, 2.75) is 90.9 Å². The average Bonchev–Trinajstić information content (AvgIpc) is 2.49. The lowest BCUT2D eigenvalue weighted by Crippen LogP contribution is -3.00. The number of carbonyl (C=O) groups is 1. The van der Waals surface area contributed by atoms with E-state index in [9.17, 15) is 4.79 Å². The summed E-state index contributed by atoms with van der Waals surface area (Å²) < 4.78 is 6.22. The minimum atomic E-state index is -0.0496. The maximum atomic E-state index is 11.3. The van der Waals surface area contributed by atoms with Crippen molar-refractivity contribution in [1.29, 1.82) is 0 Å². The summed E-state index contributed by atoms with van der Waals surface area (Å²) in [5, 5.41) is 0. The molecule has 146 valence electrons. The van der Waals surface area contributed by atoms with Crippen molar-refractivity contribution >= 4 is 5.97 Å². The number of hydrogen-bond acceptors (Lipinski definition) is 2. The summed E-state index contributed by atoms with van der Waals surface area (Å²) in [7, 11) is 4.47. The second kappa shape index (κ2) is 17.7. The number of likely N-dealkylation sites (N-methyl/N-ethyl adjacent to an activating group) is 1. The lowest BCUT2D eigenvalue weighted by Gasteiger charge is -2.29. The Morgan fingerprint density at radius 1 is 0.750 bits per heavy atom. The van der Waals surface area contributed by atoms with Gasteiger partial charge in [0.2, 0.25) is 0 Å². The highest BCUT2D eigenvalue weighted by atomic mass is 79.9. The molecule has 0 aromatic rings. The fourth-order valence-corrected chi connectivity index (χ4v) is 2.82. The quantitative estimate of drug-likeness (QED) is 0.223. The summed E-state index contributed by atoms with van der Waals surface area (Å²) in [5.74, 6) is -0.0496. The molecule has 0 aliphatic carbocycles.